The SMILES string of the molecule is CC(=O)Nc1cc(NC(=O)C2CCCN2S(=O)(=O)c2ccc(F)cc2)ccc1F. The van der Waals surface area contributed by atoms with Crippen molar-refractivity contribution in [1.29, 1.82) is 0 Å². The smallest absolute Gasteiger partial charge is 0.243 e. The van der Waals surface area contributed by atoms with Crippen LogP contribution in [0.4, 0.5) is 20.2 Å². The number of nitrogens with one attached hydrogen (secondary N) is 2. The molecular formula is C19H19F2N3O4S. The fourth-order valence-corrected chi connectivity index (χ4v) is 4.80. The fourth-order valence-electron chi connectivity index (χ4n) is 3.15. The highest BCUT2D eigenvalue weighted by Gasteiger charge is 2.39. The maximum Gasteiger partial charge on any atom is 0.243 e. The van der Waals surface area contributed by atoms with E-state index in [9.17, 15) is 26.8 Å². The van der Waals surface area contributed by atoms with Crippen LogP contribution < -0.4 is 10.6 Å². The summed E-state index contributed by atoms with van der Waals surface area (Å²) in [6, 6.07) is 7.08. The Hall–Kier alpha value is -2.85. The standard InChI is InChI=1S/C19H19F2N3O4S/c1-12(25)22-17-11-14(6-9-16(17)21)23-19(26)18-3-2-10-24(18)29(27,28)15-7-4-13(20)5-8-15/h4-9,11,18H,2-3,10H2,1H3,(H,22,25)(H,23,26). The van der Waals surface area contributed by atoms with Gasteiger partial charge in [-0.2, -0.15) is 4.31 Å². The number of anilines is 2. The van der Waals surface area contributed by atoms with Crippen LogP contribution in [0, 0.1) is 11.6 Å². The molecule has 0 bridgehead atoms. The third-order valence-corrected chi connectivity index (χ3v) is 6.39. The normalized spacial score (nSPS) is 17.1. The van der Waals surface area contributed by atoms with Gasteiger partial charge in [-0.1, -0.05) is 0 Å². The molecule has 1 aliphatic rings. The van der Waals surface area contributed by atoms with Gasteiger partial charge in [0.15, 0.2) is 0 Å². The van der Waals surface area contributed by atoms with Gasteiger partial charge in [0.1, 0.15) is 17.7 Å². The number of amides is 2. The average molecular weight is 423 g/mol. The third kappa shape index (κ3) is 4.60. The van der Waals surface area contributed by atoms with Crippen molar-refractivity contribution in [3.63, 3.8) is 0 Å². The molecule has 2 amide bonds. The fraction of sp³-hybridized carbons (Fsp3) is 0.263. The zero-order valence-corrected chi connectivity index (χ0v) is 16.3. The van der Waals surface area contributed by atoms with E-state index in [0.717, 1.165) is 34.6 Å². The van der Waals surface area contributed by atoms with Gasteiger partial charge >= 0.3 is 0 Å². The molecule has 1 atom stereocenters. The Labute approximate surface area is 166 Å². The highest BCUT2D eigenvalue weighted by atomic mass is 32.2. The van der Waals surface area contributed by atoms with Crippen molar-refractivity contribution in [2.24, 2.45) is 0 Å². The summed E-state index contributed by atoms with van der Waals surface area (Å²) in [6.07, 6.45) is 0.797. The van der Waals surface area contributed by atoms with E-state index in [4.69, 9.17) is 0 Å². The van der Waals surface area contributed by atoms with E-state index in [1.165, 1.54) is 19.1 Å². The second kappa shape index (κ2) is 8.26. The number of halogens is 2. The van der Waals surface area contributed by atoms with Crippen LogP contribution in [-0.4, -0.2) is 37.1 Å². The molecule has 2 aromatic rings. The van der Waals surface area contributed by atoms with Crippen LogP contribution in [-0.2, 0) is 19.6 Å². The van der Waals surface area contributed by atoms with Crippen molar-refractivity contribution in [2.75, 3.05) is 17.2 Å². The molecule has 0 saturated carbocycles. The van der Waals surface area contributed by atoms with Crippen molar-refractivity contribution in [1.82, 2.24) is 4.31 Å². The summed E-state index contributed by atoms with van der Waals surface area (Å²) in [4.78, 5) is 23.8. The maximum absolute atomic E-state index is 13.8. The lowest BCUT2D eigenvalue weighted by Gasteiger charge is -2.23. The van der Waals surface area contributed by atoms with Crippen molar-refractivity contribution in [2.45, 2.75) is 30.7 Å². The second-order valence-corrected chi connectivity index (χ2v) is 8.48. The van der Waals surface area contributed by atoms with Gasteiger partial charge in [0.2, 0.25) is 21.8 Å². The number of hydrogen-bond donors (Lipinski definition) is 2. The Kier molecular flexibility index (Phi) is 5.94. The Morgan fingerprint density at radius 3 is 2.41 bits per heavy atom. The molecule has 1 aliphatic heterocycles. The molecule has 7 nitrogen and oxygen atoms in total. The molecular weight excluding hydrogens is 404 g/mol. The van der Waals surface area contributed by atoms with Gasteiger partial charge < -0.3 is 10.6 Å². The summed E-state index contributed by atoms with van der Waals surface area (Å²) in [5, 5.41) is 4.88. The maximum atomic E-state index is 13.8. The molecule has 3 rings (SSSR count). The van der Waals surface area contributed by atoms with Gasteiger partial charge in [-0.15, -0.1) is 0 Å². The number of carbonyl (C=O) groups is 2. The van der Waals surface area contributed by atoms with E-state index < -0.39 is 39.5 Å². The van der Waals surface area contributed by atoms with Gasteiger partial charge in [-0.25, -0.2) is 17.2 Å². The lowest BCUT2D eigenvalue weighted by Crippen LogP contribution is -2.43. The van der Waals surface area contributed by atoms with E-state index >= 15 is 0 Å². The van der Waals surface area contributed by atoms with Gasteiger partial charge in [0, 0.05) is 19.2 Å². The van der Waals surface area contributed by atoms with Crippen LogP contribution >= 0.6 is 0 Å². The molecule has 1 fully saturated rings. The van der Waals surface area contributed by atoms with Crippen molar-refractivity contribution >= 4 is 33.2 Å². The Balaban J connectivity index is 1.80. The van der Waals surface area contributed by atoms with Gasteiger partial charge in [-0.05, 0) is 55.3 Å². The lowest BCUT2D eigenvalue weighted by molar-refractivity contribution is -0.119. The summed E-state index contributed by atoms with van der Waals surface area (Å²) < 4.78 is 53.7. The molecule has 1 unspecified atom stereocenters. The van der Waals surface area contributed by atoms with Crippen molar-refractivity contribution in [3.8, 4) is 0 Å². The molecule has 1 saturated heterocycles. The molecule has 0 spiro atoms. The highest BCUT2D eigenvalue weighted by molar-refractivity contribution is 7.89. The van der Waals surface area contributed by atoms with Crippen molar-refractivity contribution in [3.05, 3.63) is 54.1 Å². The minimum absolute atomic E-state index is 0.0995. The van der Waals surface area contributed by atoms with E-state index in [0.29, 0.717) is 12.8 Å². The first-order chi connectivity index (χ1) is 13.7. The molecule has 0 aromatic heterocycles. The molecule has 1 heterocycles. The molecule has 0 aliphatic carbocycles. The van der Waals surface area contributed by atoms with E-state index in [2.05, 4.69) is 10.6 Å². The number of hydrogen-bond acceptors (Lipinski definition) is 4. The summed E-state index contributed by atoms with van der Waals surface area (Å²) in [5.74, 6) is -2.28. The molecule has 10 heteroatoms. The summed E-state index contributed by atoms with van der Waals surface area (Å²) >= 11 is 0. The first kappa shape index (κ1) is 20.9. The van der Waals surface area contributed by atoms with Crippen LogP contribution in [0.5, 0.6) is 0 Å². The summed E-state index contributed by atoms with van der Waals surface area (Å²) in [5.41, 5.74) is 0.115. The van der Waals surface area contributed by atoms with E-state index in [-0.39, 0.29) is 22.8 Å². The average Bonchev–Trinajstić information content (AvgIpc) is 3.15. The van der Waals surface area contributed by atoms with Crippen LogP contribution in [0.2, 0.25) is 0 Å². The number of carbonyl (C=O) groups excluding carboxylic acids is 2. The zero-order valence-electron chi connectivity index (χ0n) is 15.5. The molecule has 29 heavy (non-hydrogen) atoms. The minimum atomic E-state index is -3.98. The molecule has 2 aromatic carbocycles. The lowest BCUT2D eigenvalue weighted by atomic mass is 10.2. The van der Waals surface area contributed by atoms with Crippen LogP contribution in [0.1, 0.15) is 19.8 Å². The Morgan fingerprint density at radius 2 is 1.76 bits per heavy atom. The number of nitrogens with zero attached hydrogens (tertiary/aromatic N) is 1. The van der Waals surface area contributed by atoms with Crippen LogP contribution in [0.3, 0.4) is 0 Å². The zero-order chi connectivity index (χ0) is 21.2. The number of sulfonamides is 1. The first-order valence-corrected chi connectivity index (χ1v) is 10.3. The third-order valence-electron chi connectivity index (χ3n) is 4.47. The van der Waals surface area contributed by atoms with Crippen molar-refractivity contribution < 1.29 is 26.8 Å². The van der Waals surface area contributed by atoms with Crippen LogP contribution in [0.15, 0.2) is 47.4 Å². The largest absolute Gasteiger partial charge is 0.325 e. The molecule has 0 radical (unpaired) electrons. The highest BCUT2D eigenvalue weighted by Crippen LogP contribution is 2.28. The predicted molar refractivity (Wildman–Crippen MR) is 103 cm³/mol. The van der Waals surface area contributed by atoms with Gasteiger partial charge in [0.05, 0.1) is 10.6 Å². The summed E-state index contributed by atoms with van der Waals surface area (Å²) in [7, 11) is -3.98. The molecule has 154 valence electrons. The quantitative estimate of drug-likeness (QED) is 0.773. The molecule has 2 N–H and O–H groups in total. The minimum Gasteiger partial charge on any atom is -0.325 e. The number of benzene rings is 2. The predicted octanol–water partition coefficient (Wildman–Crippen LogP) is 2.72. The van der Waals surface area contributed by atoms with Gasteiger partial charge in [0.25, 0.3) is 0 Å². The van der Waals surface area contributed by atoms with E-state index in [1.54, 1.807) is 0 Å². The number of rotatable bonds is 5. The van der Waals surface area contributed by atoms with Crippen LogP contribution in [0.25, 0.3) is 0 Å². The summed E-state index contributed by atoms with van der Waals surface area (Å²) in [6.45, 7) is 1.37. The second-order valence-electron chi connectivity index (χ2n) is 6.59. The monoisotopic (exact) mass is 423 g/mol. The first-order valence-electron chi connectivity index (χ1n) is 8.84. The Morgan fingerprint density at radius 1 is 1.07 bits per heavy atom. The topological polar surface area (TPSA) is 95.6 Å². The van der Waals surface area contributed by atoms with E-state index in [1.807, 2.05) is 0 Å². The Bertz CT molecular complexity index is 1040. The van der Waals surface area contributed by atoms with Gasteiger partial charge in [-0.3, -0.25) is 9.59 Å².